The molecule has 1 rings (SSSR count). The number of rotatable bonds is 9. The first-order valence-electron chi connectivity index (χ1n) is 7.84. The van der Waals surface area contributed by atoms with Crippen molar-refractivity contribution in [3.63, 3.8) is 0 Å². The van der Waals surface area contributed by atoms with Crippen LogP contribution < -0.4 is 0 Å². The van der Waals surface area contributed by atoms with Crippen molar-refractivity contribution in [1.82, 2.24) is 9.34 Å². The van der Waals surface area contributed by atoms with E-state index in [1.807, 2.05) is 44.4 Å². The summed E-state index contributed by atoms with van der Waals surface area (Å²) in [5.74, 6) is 0. The number of nitrogens with zero attached hydrogens (tertiary/aromatic N) is 3. The van der Waals surface area contributed by atoms with E-state index in [-0.39, 0.29) is 0 Å². The van der Waals surface area contributed by atoms with Gasteiger partial charge >= 0.3 is 0 Å². The van der Waals surface area contributed by atoms with Crippen molar-refractivity contribution in [1.29, 1.82) is 0 Å². The van der Waals surface area contributed by atoms with E-state index in [4.69, 9.17) is 16.0 Å². The highest BCUT2D eigenvalue weighted by atomic mass is 35.7. The number of unbranched alkanes of at least 4 members (excludes halogenated alkanes) is 2. The van der Waals surface area contributed by atoms with E-state index < -0.39 is 6.71 Å². The maximum atomic E-state index is 7.04. The predicted molar refractivity (Wildman–Crippen MR) is 96.4 cm³/mol. The third kappa shape index (κ3) is 5.75. The molecular formula is C16H29ClN3P. The van der Waals surface area contributed by atoms with Crippen molar-refractivity contribution in [2.45, 2.75) is 39.5 Å². The number of halogens is 1. The Morgan fingerprint density at radius 2 is 1.52 bits per heavy atom. The molecule has 0 aromatic heterocycles. The van der Waals surface area contributed by atoms with Gasteiger partial charge in [0.2, 0.25) is 0 Å². The third-order valence-corrected chi connectivity index (χ3v) is 7.81. The first kappa shape index (κ1) is 18.7. The predicted octanol–water partition coefficient (Wildman–Crippen LogP) is 5.97. The molecular weight excluding hydrogens is 301 g/mol. The molecule has 0 amide bonds. The van der Waals surface area contributed by atoms with Crippen LogP contribution in [0.5, 0.6) is 0 Å². The summed E-state index contributed by atoms with van der Waals surface area (Å²) >= 11 is 7.04. The van der Waals surface area contributed by atoms with Crippen molar-refractivity contribution >= 4 is 23.6 Å². The summed E-state index contributed by atoms with van der Waals surface area (Å²) in [6.45, 7) is 4.30. The number of hydrogen-bond donors (Lipinski definition) is 0. The van der Waals surface area contributed by atoms with Crippen LogP contribution in [0.4, 0.5) is 5.69 Å². The van der Waals surface area contributed by atoms with Crippen molar-refractivity contribution in [2.24, 2.45) is 4.74 Å². The Bertz CT molecular complexity index is 440. The Labute approximate surface area is 135 Å². The molecule has 0 aliphatic carbocycles. The minimum absolute atomic E-state index is 0.965. The van der Waals surface area contributed by atoms with E-state index in [9.17, 15) is 0 Å². The fraction of sp³-hybridized carbons (Fsp3) is 0.625. The third-order valence-electron chi connectivity index (χ3n) is 3.41. The van der Waals surface area contributed by atoms with E-state index in [1.165, 1.54) is 12.8 Å². The Morgan fingerprint density at radius 3 is 1.95 bits per heavy atom. The lowest BCUT2D eigenvalue weighted by Crippen LogP contribution is -2.27. The lowest BCUT2D eigenvalue weighted by Gasteiger charge is -2.36. The maximum absolute atomic E-state index is 7.04. The first-order chi connectivity index (χ1) is 10.0. The molecule has 1 atom stereocenters. The summed E-state index contributed by atoms with van der Waals surface area (Å²) in [5, 5.41) is 0. The summed E-state index contributed by atoms with van der Waals surface area (Å²) in [6.07, 6.45) is 4.68. The topological polar surface area (TPSA) is 18.8 Å². The second kappa shape index (κ2) is 9.63. The Morgan fingerprint density at radius 1 is 1.00 bits per heavy atom. The van der Waals surface area contributed by atoms with E-state index in [0.717, 1.165) is 31.6 Å². The average Bonchev–Trinajstić information content (AvgIpc) is 2.48. The smallest absolute Gasteiger partial charge is 0.191 e. The molecule has 1 aromatic rings. The standard InChI is InChI=1S/C16H29ClN3P/c1-5-7-14-20(15-8-6-2)21(17,19(3)4)18-16-12-10-9-11-13-16/h9-13H,5-8,14-15H2,1-4H3. The van der Waals surface area contributed by atoms with E-state index >= 15 is 0 Å². The van der Waals surface area contributed by atoms with Gasteiger partial charge in [0.05, 0.1) is 5.69 Å². The van der Waals surface area contributed by atoms with Crippen molar-refractivity contribution in [3.8, 4) is 0 Å². The molecule has 0 bridgehead atoms. The molecule has 1 aromatic carbocycles. The second-order valence-corrected chi connectivity index (χ2v) is 9.36. The van der Waals surface area contributed by atoms with Gasteiger partial charge < -0.3 is 0 Å². The SMILES string of the molecule is CCCCN(CCCC)P(Cl)(=Nc1ccccc1)N(C)C. The van der Waals surface area contributed by atoms with Crippen LogP contribution in [0.3, 0.4) is 0 Å². The second-order valence-electron chi connectivity index (χ2n) is 5.44. The molecule has 0 saturated heterocycles. The van der Waals surface area contributed by atoms with Crippen molar-refractivity contribution < 1.29 is 0 Å². The number of hydrogen-bond acceptors (Lipinski definition) is 1. The fourth-order valence-electron chi connectivity index (χ4n) is 2.09. The lowest BCUT2D eigenvalue weighted by atomic mass is 10.3. The van der Waals surface area contributed by atoms with Crippen LogP contribution in [0.1, 0.15) is 39.5 Å². The van der Waals surface area contributed by atoms with Gasteiger partial charge in [-0.15, -0.1) is 0 Å². The molecule has 0 spiro atoms. The highest BCUT2D eigenvalue weighted by Gasteiger charge is 2.27. The minimum Gasteiger partial charge on any atom is -0.252 e. The van der Waals surface area contributed by atoms with Crippen LogP contribution in [-0.4, -0.2) is 36.5 Å². The number of benzene rings is 1. The van der Waals surface area contributed by atoms with Gasteiger partial charge in [-0.25, -0.2) is 9.42 Å². The summed E-state index contributed by atoms with van der Waals surface area (Å²) < 4.78 is 9.43. The molecule has 0 N–H and O–H groups in total. The highest BCUT2D eigenvalue weighted by Crippen LogP contribution is 2.61. The summed E-state index contributed by atoms with van der Waals surface area (Å²) in [7, 11) is 4.08. The fourth-order valence-corrected chi connectivity index (χ4v) is 4.84. The molecule has 3 nitrogen and oxygen atoms in total. The Balaban J connectivity index is 3.11. The highest BCUT2D eigenvalue weighted by molar-refractivity contribution is 7.87. The Kier molecular flexibility index (Phi) is 8.58. The van der Waals surface area contributed by atoms with Gasteiger partial charge in [-0.05, 0) is 50.3 Å². The van der Waals surface area contributed by atoms with Gasteiger partial charge in [0, 0.05) is 13.1 Å². The molecule has 0 heterocycles. The van der Waals surface area contributed by atoms with Gasteiger partial charge in [0.15, 0.2) is 6.71 Å². The van der Waals surface area contributed by atoms with Gasteiger partial charge in [-0.1, -0.05) is 44.9 Å². The van der Waals surface area contributed by atoms with E-state index in [2.05, 4.69) is 23.2 Å². The van der Waals surface area contributed by atoms with Crippen LogP contribution in [0.25, 0.3) is 0 Å². The van der Waals surface area contributed by atoms with E-state index in [0.29, 0.717) is 0 Å². The first-order valence-corrected chi connectivity index (χ1v) is 10.4. The van der Waals surface area contributed by atoms with Crippen LogP contribution in [0, 0.1) is 0 Å². The molecule has 0 aliphatic rings. The molecule has 120 valence electrons. The normalized spacial score (nSPS) is 14.4. The van der Waals surface area contributed by atoms with E-state index in [1.54, 1.807) is 0 Å². The molecule has 0 saturated carbocycles. The molecule has 0 fully saturated rings. The summed E-state index contributed by atoms with van der Waals surface area (Å²) in [4.78, 5) is 0. The minimum atomic E-state index is -2.17. The van der Waals surface area contributed by atoms with Crippen LogP contribution in [0.2, 0.25) is 0 Å². The molecule has 5 heteroatoms. The average molecular weight is 330 g/mol. The largest absolute Gasteiger partial charge is 0.252 e. The zero-order valence-electron chi connectivity index (χ0n) is 13.8. The summed E-state index contributed by atoms with van der Waals surface area (Å²) in [5.41, 5.74) is 0.965. The van der Waals surface area contributed by atoms with Crippen molar-refractivity contribution in [2.75, 3.05) is 27.2 Å². The quantitative estimate of drug-likeness (QED) is 0.520. The van der Waals surface area contributed by atoms with Crippen LogP contribution >= 0.6 is 17.9 Å². The maximum Gasteiger partial charge on any atom is 0.191 e. The molecule has 0 radical (unpaired) electrons. The zero-order chi connectivity index (χ0) is 15.7. The molecule has 21 heavy (non-hydrogen) atoms. The van der Waals surface area contributed by atoms with Crippen molar-refractivity contribution in [3.05, 3.63) is 30.3 Å². The Hall–Kier alpha value is -0.340. The molecule has 1 unspecified atom stereocenters. The molecule has 0 aliphatic heterocycles. The van der Waals surface area contributed by atoms with Gasteiger partial charge in [-0.3, -0.25) is 4.67 Å². The van der Waals surface area contributed by atoms with Crippen LogP contribution in [0.15, 0.2) is 35.1 Å². The van der Waals surface area contributed by atoms with Gasteiger partial charge in [-0.2, -0.15) is 0 Å². The summed E-state index contributed by atoms with van der Waals surface area (Å²) in [6, 6.07) is 10.1. The van der Waals surface area contributed by atoms with Crippen LogP contribution in [-0.2, 0) is 0 Å². The van der Waals surface area contributed by atoms with Gasteiger partial charge in [0.1, 0.15) is 0 Å². The lowest BCUT2D eigenvalue weighted by molar-refractivity contribution is 0.409. The van der Waals surface area contributed by atoms with Gasteiger partial charge in [0.25, 0.3) is 0 Å². The monoisotopic (exact) mass is 329 g/mol. The zero-order valence-corrected chi connectivity index (χ0v) is 15.4.